The fourth-order valence-corrected chi connectivity index (χ4v) is 3.63. The third-order valence-corrected chi connectivity index (χ3v) is 4.86. The Morgan fingerprint density at radius 3 is 2.44 bits per heavy atom. The van der Waals surface area contributed by atoms with E-state index in [1.165, 1.54) is 44.9 Å². The van der Waals surface area contributed by atoms with Gasteiger partial charge in [0.2, 0.25) is 5.91 Å². The van der Waals surface area contributed by atoms with E-state index in [9.17, 15) is 4.79 Å². The summed E-state index contributed by atoms with van der Waals surface area (Å²) in [5.41, 5.74) is 6.10. The van der Waals surface area contributed by atoms with Crippen LogP contribution in [0.3, 0.4) is 0 Å². The first-order valence-electron chi connectivity index (χ1n) is 7.67. The molecule has 104 valence electrons. The summed E-state index contributed by atoms with van der Waals surface area (Å²) in [5.74, 6) is 0.854. The fraction of sp³-hybridized carbons (Fsp3) is 0.933. The Balaban J connectivity index is 1.76. The van der Waals surface area contributed by atoms with E-state index in [1.807, 2.05) is 0 Å². The van der Waals surface area contributed by atoms with Gasteiger partial charge in [-0.05, 0) is 38.5 Å². The highest BCUT2D eigenvalue weighted by molar-refractivity contribution is 5.77. The monoisotopic (exact) mass is 252 g/mol. The van der Waals surface area contributed by atoms with E-state index in [4.69, 9.17) is 5.73 Å². The van der Waals surface area contributed by atoms with E-state index >= 15 is 0 Å². The molecule has 1 atom stereocenters. The van der Waals surface area contributed by atoms with E-state index in [-0.39, 0.29) is 11.4 Å². The van der Waals surface area contributed by atoms with Crippen molar-refractivity contribution in [2.75, 3.05) is 0 Å². The third-order valence-electron chi connectivity index (χ3n) is 4.86. The SMILES string of the molecule is C[C@H](NC(=O)CC1(N)CCCCC1)C1CCCC1. The van der Waals surface area contributed by atoms with E-state index < -0.39 is 0 Å². The molecule has 0 saturated heterocycles. The summed E-state index contributed by atoms with van der Waals surface area (Å²) in [6, 6.07) is 0.326. The van der Waals surface area contributed by atoms with Gasteiger partial charge in [0.25, 0.3) is 0 Å². The summed E-state index contributed by atoms with van der Waals surface area (Å²) in [4.78, 5) is 12.1. The molecule has 3 N–H and O–H groups in total. The molecular weight excluding hydrogens is 224 g/mol. The van der Waals surface area contributed by atoms with Gasteiger partial charge in [-0.15, -0.1) is 0 Å². The molecule has 18 heavy (non-hydrogen) atoms. The second-order valence-electron chi connectivity index (χ2n) is 6.50. The molecule has 0 unspecified atom stereocenters. The van der Waals surface area contributed by atoms with Crippen LogP contribution in [0.1, 0.15) is 71.1 Å². The van der Waals surface area contributed by atoms with Crippen LogP contribution in [-0.4, -0.2) is 17.5 Å². The molecule has 3 nitrogen and oxygen atoms in total. The predicted molar refractivity (Wildman–Crippen MR) is 74.2 cm³/mol. The number of hydrogen-bond acceptors (Lipinski definition) is 2. The van der Waals surface area contributed by atoms with Crippen molar-refractivity contribution in [1.82, 2.24) is 5.32 Å². The molecule has 2 aliphatic carbocycles. The van der Waals surface area contributed by atoms with E-state index in [0.717, 1.165) is 12.8 Å². The van der Waals surface area contributed by atoms with E-state index in [0.29, 0.717) is 18.4 Å². The van der Waals surface area contributed by atoms with Gasteiger partial charge in [0.05, 0.1) is 0 Å². The van der Waals surface area contributed by atoms with Crippen molar-refractivity contribution in [1.29, 1.82) is 0 Å². The predicted octanol–water partition coefficient (Wildman–Crippen LogP) is 2.73. The normalized spacial score (nSPS) is 25.9. The maximum atomic E-state index is 12.1. The van der Waals surface area contributed by atoms with Gasteiger partial charge in [-0.2, -0.15) is 0 Å². The topological polar surface area (TPSA) is 55.1 Å². The third kappa shape index (κ3) is 3.71. The molecule has 0 aromatic rings. The van der Waals surface area contributed by atoms with E-state index in [2.05, 4.69) is 12.2 Å². The van der Waals surface area contributed by atoms with Crippen molar-refractivity contribution in [3.63, 3.8) is 0 Å². The van der Waals surface area contributed by atoms with Crippen LogP contribution in [0.4, 0.5) is 0 Å². The van der Waals surface area contributed by atoms with Gasteiger partial charge < -0.3 is 11.1 Å². The zero-order chi connectivity index (χ0) is 13.0. The lowest BCUT2D eigenvalue weighted by molar-refractivity contribution is -0.123. The molecule has 2 fully saturated rings. The second kappa shape index (κ2) is 6.05. The summed E-state index contributed by atoms with van der Waals surface area (Å²) in [6.07, 6.45) is 11.4. The largest absolute Gasteiger partial charge is 0.353 e. The second-order valence-corrected chi connectivity index (χ2v) is 6.50. The van der Waals surface area contributed by atoms with Gasteiger partial charge >= 0.3 is 0 Å². The van der Waals surface area contributed by atoms with Crippen LogP contribution < -0.4 is 11.1 Å². The van der Waals surface area contributed by atoms with Crippen molar-refractivity contribution in [3.05, 3.63) is 0 Å². The minimum absolute atomic E-state index is 0.166. The molecule has 2 aliphatic rings. The fourth-order valence-electron chi connectivity index (χ4n) is 3.63. The van der Waals surface area contributed by atoms with Crippen LogP contribution in [-0.2, 0) is 4.79 Å². The smallest absolute Gasteiger partial charge is 0.222 e. The highest BCUT2D eigenvalue weighted by Crippen LogP contribution is 2.30. The lowest BCUT2D eigenvalue weighted by Gasteiger charge is -2.33. The molecule has 0 heterocycles. The highest BCUT2D eigenvalue weighted by Gasteiger charge is 2.31. The van der Waals surface area contributed by atoms with Crippen LogP contribution in [0.25, 0.3) is 0 Å². The van der Waals surface area contributed by atoms with Crippen molar-refractivity contribution in [2.45, 2.75) is 82.7 Å². The average molecular weight is 252 g/mol. The number of nitrogens with one attached hydrogen (secondary N) is 1. The molecule has 0 aromatic carbocycles. The molecule has 2 rings (SSSR count). The van der Waals surface area contributed by atoms with Crippen molar-refractivity contribution < 1.29 is 4.79 Å². The van der Waals surface area contributed by atoms with Crippen LogP contribution in [0.15, 0.2) is 0 Å². The van der Waals surface area contributed by atoms with E-state index in [1.54, 1.807) is 0 Å². The number of amides is 1. The molecule has 0 aliphatic heterocycles. The van der Waals surface area contributed by atoms with Gasteiger partial charge in [0.15, 0.2) is 0 Å². The lowest BCUT2D eigenvalue weighted by atomic mass is 9.80. The molecule has 0 aromatic heterocycles. The first-order valence-corrected chi connectivity index (χ1v) is 7.67. The maximum Gasteiger partial charge on any atom is 0.222 e. The Morgan fingerprint density at radius 1 is 1.22 bits per heavy atom. The van der Waals surface area contributed by atoms with Crippen molar-refractivity contribution in [3.8, 4) is 0 Å². The number of carbonyl (C=O) groups excluding carboxylic acids is 1. The first-order chi connectivity index (χ1) is 8.59. The summed E-state index contributed by atoms with van der Waals surface area (Å²) in [7, 11) is 0. The minimum atomic E-state index is -0.224. The summed E-state index contributed by atoms with van der Waals surface area (Å²) in [6.45, 7) is 2.15. The lowest BCUT2D eigenvalue weighted by Crippen LogP contribution is -2.48. The minimum Gasteiger partial charge on any atom is -0.353 e. The summed E-state index contributed by atoms with van der Waals surface area (Å²) in [5, 5.41) is 3.18. The number of hydrogen-bond donors (Lipinski definition) is 2. The summed E-state index contributed by atoms with van der Waals surface area (Å²) >= 11 is 0. The number of nitrogens with two attached hydrogens (primary N) is 1. The summed E-state index contributed by atoms with van der Waals surface area (Å²) < 4.78 is 0. The molecular formula is C15H28N2O. The number of rotatable bonds is 4. The van der Waals surface area contributed by atoms with Gasteiger partial charge in [0, 0.05) is 18.0 Å². The van der Waals surface area contributed by atoms with Crippen LogP contribution in [0.2, 0.25) is 0 Å². The standard InChI is InChI=1S/C15H28N2O/c1-12(13-7-3-4-8-13)17-14(18)11-15(16)9-5-2-6-10-15/h12-13H,2-11,16H2,1H3,(H,17,18)/t12-/m0/s1. The van der Waals surface area contributed by atoms with Crippen LogP contribution in [0.5, 0.6) is 0 Å². The molecule has 0 bridgehead atoms. The average Bonchev–Trinajstić information content (AvgIpc) is 2.82. The highest BCUT2D eigenvalue weighted by atomic mass is 16.1. The molecule has 1 amide bonds. The van der Waals surface area contributed by atoms with Crippen molar-refractivity contribution >= 4 is 5.91 Å². The number of carbonyl (C=O) groups is 1. The molecule has 0 spiro atoms. The van der Waals surface area contributed by atoms with Gasteiger partial charge in [-0.3, -0.25) is 4.79 Å². The first kappa shape index (κ1) is 13.9. The quantitative estimate of drug-likeness (QED) is 0.808. The van der Waals surface area contributed by atoms with Crippen LogP contribution >= 0.6 is 0 Å². The Hall–Kier alpha value is -0.570. The van der Waals surface area contributed by atoms with Crippen molar-refractivity contribution in [2.24, 2.45) is 11.7 Å². The molecule has 2 saturated carbocycles. The molecule has 0 radical (unpaired) electrons. The van der Waals surface area contributed by atoms with Crippen LogP contribution in [0, 0.1) is 5.92 Å². The zero-order valence-corrected chi connectivity index (χ0v) is 11.7. The zero-order valence-electron chi connectivity index (χ0n) is 11.7. The Kier molecular flexibility index (Phi) is 4.66. The molecule has 3 heteroatoms. The Morgan fingerprint density at radius 2 is 1.83 bits per heavy atom. The maximum absolute atomic E-state index is 12.1. The Labute approximate surface area is 111 Å². The Bertz CT molecular complexity index is 278. The van der Waals surface area contributed by atoms with Gasteiger partial charge in [-0.1, -0.05) is 32.1 Å². The van der Waals surface area contributed by atoms with Gasteiger partial charge in [0.1, 0.15) is 0 Å². The van der Waals surface area contributed by atoms with Gasteiger partial charge in [-0.25, -0.2) is 0 Å².